The van der Waals surface area contributed by atoms with E-state index in [9.17, 15) is 9.59 Å². The van der Waals surface area contributed by atoms with E-state index in [1.807, 2.05) is 6.92 Å². The minimum Gasteiger partial charge on any atom is -0.469 e. The molecule has 5 nitrogen and oxygen atoms in total. The molecule has 1 heterocycles. The number of carbonyl (C=O) groups excluding carboxylic acids is 2. The Kier molecular flexibility index (Phi) is 4.03. The standard InChI is InChI=1S/C10H13NO4/c1-3-4-7-5-8(11-15-7)9(12)6-10(13)14-2/h5H,3-4,6H2,1-2H3. The quantitative estimate of drug-likeness (QED) is 0.418. The number of ketones is 1. The summed E-state index contributed by atoms with van der Waals surface area (Å²) < 4.78 is 9.30. The van der Waals surface area contributed by atoms with Gasteiger partial charge in [0, 0.05) is 12.5 Å². The Morgan fingerprint density at radius 2 is 2.27 bits per heavy atom. The largest absolute Gasteiger partial charge is 0.469 e. The Hall–Kier alpha value is -1.65. The maximum atomic E-state index is 11.4. The van der Waals surface area contributed by atoms with Crippen LogP contribution in [-0.4, -0.2) is 24.0 Å². The fourth-order valence-corrected chi connectivity index (χ4v) is 1.10. The van der Waals surface area contributed by atoms with E-state index < -0.39 is 5.97 Å². The molecule has 0 aliphatic heterocycles. The molecule has 0 saturated carbocycles. The molecule has 0 atom stereocenters. The minimum absolute atomic E-state index is 0.184. The molecule has 0 unspecified atom stereocenters. The van der Waals surface area contributed by atoms with Gasteiger partial charge in [-0.2, -0.15) is 0 Å². The van der Waals surface area contributed by atoms with Gasteiger partial charge in [-0.1, -0.05) is 12.1 Å². The topological polar surface area (TPSA) is 69.4 Å². The maximum Gasteiger partial charge on any atom is 0.313 e. The zero-order chi connectivity index (χ0) is 11.3. The first kappa shape index (κ1) is 11.4. The number of nitrogens with zero attached hydrogens (tertiary/aromatic N) is 1. The van der Waals surface area contributed by atoms with Crippen molar-refractivity contribution in [3.8, 4) is 0 Å². The Balaban J connectivity index is 2.61. The Labute approximate surface area is 87.4 Å². The van der Waals surface area contributed by atoms with E-state index in [-0.39, 0.29) is 17.9 Å². The number of hydrogen-bond donors (Lipinski definition) is 0. The van der Waals surface area contributed by atoms with Gasteiger partial charge in [0.15, 0.2) is 5.78 Å². The lowest BCUT2D eigenvalue weighted by molar-refractivity contribution is -0.139. The van der Waals surface area contributed by atoms with Gasteiger partial charge in [0.2, 0.25) is 0 Å². The lowest BCUT2D eigenvalue weighted by atomic mass is 10.2. The van der Waals surface area contributed by atoms with Crippen molar-refractivity contribution in [2.75, 3.05) is 7.11 Å². The molecule has 0 spiro atoms. The van der Waals surface area contributed by atoms with Crippen molar-refractivity contribution in [1.29, 1.82) is 0 Å². The van der Waals surface area contributed by atoms with Crippen molar-refractivity contribution < 1.29 is 18.8 Å². The highest BCUT2D eigenvalue weighted by Gasteiger charge is 2.16. The SMILES string of the molecule is CCCc1cc(C(=O)CC(=O)OC)no1. The van der Waals surface area contributed by atoms with Crippen LogP contribution in [0, 0.1) is 0 Å². The van der Waals surface area contributed by atoms with Gasteiger partial charge in [-0.05, 0) is 6.42 Å². The second-order valence-electron chi connectivity index (χ2n) is 3.10. The summed E-state index contributed by atoms with van der Waals surface area (Å²) in [5, 5.41) is 3.59. The van der Waals surface area contributed by atoms with Crippen LogP contribution >= 0.6 is 0 Å². The first-order valence-corrected chi connectivity index (χ1v) is 4.73. The Bertz CT molecular complexity index is 356. The molecule has 0 aromatic carbocycles. The van der Waals surface area contributed by atoms with Crippen molar-refractivity contribution >= 4 is 11.8 Å². The van der Waals surface area contributed by atoms with Gasteiger partial charge in [0.1, 0.15) is 17.9 Å². The molecule has 0 radical (unpaired) electrons. The molecule has 0 aliphatic rings. The monoisotopic (exact) mass is 211 g/mol. The summed E-state index contributed by atoms with van der Waals surface area (Å²) in [6.07, 6.45) is 1.35. The van der Waals surface area contributed by atoms with Gasteiger partial charge >= 0.3 is 5.97 Å². The van der Waals surface area contributed by atoms with Gasteiger partial charge in [-0.3, -0.25) is 9.59 Å². The van der Waals surface area contributed by atoms with Crippen molar-refractivity contribution in [2.24, 2.45) is 0 Å². The van der Waals surface area contributed by atoms with Gasteiger partial charge in [0.25, 0.3) is 0 Å². The maximum absolute atomic E-state index is 11.4. The molecule has 82 valence electrons. The van der Waals surface area contributed by atoms with Crippen LogP contribution in [0.15, 0.2) is 10.6 Å². The minimum atomic E-state index is -0.569. The van der Waals surface area contributed by atoms with Crippen LogP contribution in [0.3, 0.4) is 0 Å². The van der Waals surface area contributed by atoms with E-state index in [1.54, 1.807) is 6.07 Å². The highest BCUT2D eigenvalue weighted by molar-refractivity contribution is 6.04. The summed E-state index contributed by atoms with van der Waals surface area (Å²) in [6, 6.07) is 1.56. The summed E-state index contributed by atoms with van der Waals surface area (Å²) in [5.41, 5.74) is 0.184. The average molecular weight is 211 g/mol. The Morgan fingerprint density at radius 1 is 1.53 bits per heavy atom. The molecule has 0 N–H and O–H groups in total. The molecular weight excluding hydrogens is 198 g/mol. The number of methoxy groups -OCH3 is 1. The van der Waals surface area contributed by atoms with Gasteiger partial charge < -0.3 is 9.26 Å². The van der Waals surface area contributed by atoms with E-state index >= 15 is 0 Å². The predicted octanol–water partition coefficient (Wildman–Crippen LogP) is 1.37. The van der Waals surface area contributed by atoms with E-state index in [0.717, 1.165) is 12.8 Å². The Morgan fingerprint density at radius 3 is 2.87 bits per heavy atom. The zero-order valence-corrected chi connectivity index (χ0v) is 8.78. The number of hydrogen-bond acceptors (Lipinski definition) is 5. The van der Waals surface area contributed by atoms with Crippen LogP contribution in [0.2, 0.25) is 0 Å². The smallest absolute Gasteiger partial charge is 0.313 e. The van der Waals surface area contributed by atoms with Crippen LogP contribution < -0.4 is 0 Å². The van der Waals surface area contributed by atoms with Crippen molar-refractivity contribution in [3.63, 3.8) is 0 Å². The predicted molar refractivity (Wildman–Crippen MR) is 51.5 cm³/mol. The van der Waals surface area contributed by atoms with Crippen molar-refractivity contribution in [2.45, 2.75) is 26.2 Å². The van der Waals surface area contributed by atoms with Crippen LogP contribution in [0.1, 0.15) is 36.0 Å². The number of rotatable bonds is 5. The number of esters is 1. The molecule has 0 amide bonds. The van der Waals surface area contributed by atoms with Crippen LogP contribution in [0.5, 0.6) is 0 Å². The molecule has 0 aliphatic carbocycles. The van der Waals surface area contributed by atoms with Gasteiger partial charge in [-0.15, -0.1) is 0 Å². The number of aromatic nitrogens is 1. The van der Waals surface area contributed by atoms with Crippen LogP contribution in [0.25, 0.3) is 0 Å². The van der Waals surface area contributed by atoms with Crippen molar-refractivity contribution in [1.82, 2.24) is 5.16 Å². The van der Waals surface area contributed by atoms with E-state index in [4.69, 9.17) is 4.52 Å². The molecule has 0 bridgehead atoms. The lowest BCUT2D eigenvalue weighted by Gasteiger charge is -1.94. The van der Waals surface area contributed by atoms with Crippen LogP contribution in [0.4, 0.5) is 0 Å². The van der Waals surface area contributed by atoms with E-state index in [2.05, 4.69) is 9.89 Å². The zero-order valence-electron chi connectivity index (χ0n) is 8.78. The van der Waals surface area contributed by atoms with E-state index in [1.165, 1.54) is 7.11 Å². The lowest BCUT2D eigenvalue weighted by Crippen LogP contribution is -2.09. The summed E-state index contributed by atoms with van der Waals surface area (Å²) >= 11 is 0. The second-order valence-corrected chi connectivity index (χ2v) is 3.10. The number of carbonyl (C=O) groups is 2. The molecule has 0 fully saturated rings. The highest BCUT2D eigenvalue weighted by Crippen LogP contribution is 2.08. The number of aryl methyl sites for hydroxylation is 1. The van der Waals surface area contributed by atoms with Gasteiger partial charge in [0.05, 0.1) is 7.11 Å². The summed E-state index contributed by atoms with van der Waals surface area (Å²) in [6.45, 7) is 2.00. The molecule has 0 saturated heterocycles. The molecule has 1 rings (SSSR count). The molecule has 15 heavy (non-hydrogen) atoms. The molecule has 5 heteroatoms. The first-order chi connectivity index (χ1) is 7.17. The summed E-state index contributed by atoms with van der Waals surface area (Å²) in [7, 11) is 1.24. The third-order valence-electron chi connectivity index (χ3n) is 1.87. The van der Waals surface area contributed by atoms with E-state index in [0.29, 0.717) is 5.76 Å². The highest BCUT2D eigenvalue weighted by atomic mass is 16.5. The van der Waals surface area contributed by atoms with Crippen molar-refractivity contribution in [3.05, 3.63) is 17.5 Å². The number of Topliss-reactive ketones (excluding diaryl/α,β-unsaturated/α-hetero) is 1. The first-order valence-electron chi connectivity index (χ1n) is 4.73. The fourth-order valence-electron chi connectivity index (χ4n) is 1.10. The summed E-state index contributed by atoms with van der Waals surface area (Å²) in [5.74, 6) is -0.293. The number of ether oxygens (including phenoxy) is 1. The fraction of sp³-hybridized carbons (Fsp3) is 0.500. The molecule has 1 aromatic heterocycles. The third-order valence-corrected chi connectivity index (χ3v) is 1.87. The third kappa shape index (κ3) is 3.19. The van der Waals surface area contributed by atoms with Crippen LogP contribution in [-0.2, 0) is 16.0 Å². The normalized spacial score (nSPS) is 10.0. The molecular formula is C10H13NO4. The van der Waals surface area contributed by atoms with Gasteiger partial charge in [-0.25, -0.2) is 0 Å². The average Bonchev–Trinajstić information content (AvgIpc) is 2.67. The summed E-state index contributed by atoms with van der Waals surface area (Å²) in [4.78, 5) is 22.2. The second kappa shape index (κ2) is 5.29. The molecule has 1 aromatic rings.